The predicted molar refractivity (Wildman–Crippen MR) is 81.1 cm³/mol. The zero-order valence-corrected chi connectivity index (χ0v) is 13.4. The molecule has 1 N–H and O–H groups in total. The van der Waals surface area contributed by atoms with E-state index in [1.807, 2.05) is 24.5 Å². The molecule has 96 valence electrons. The Morgan fingerprint density at radius 3 is 2.67 bits per heavy atom. The normalized spacial score (nSPS) is 11.4. The molecule has 0 spiro atoms. The van der Waals surface area contributed by atoms with E-state index in [1.165, 1.54) is 11.3 Å². The van der Waals surface area contributed by atoms with E-state index in [1.54, 1.807) is 30.0 Å². The molecule has 2 rings (SSSR count). The number of anilines is 1. The van der Waals surface area contributed by atoms with Crippen molar-refractivity contribution in [1.82, 2.24) is 0 Å². The number of sulfonamides is 1. The molecule has 18 heavy (non-hydrogen) atoms. The van der Waals surface area contributed by atoms with E-state index < -0.39 is 10.0 Å². The third-order valence-electron chi connectivity index (χ3n) is 2.14. The highest BCUT2D eigenvalue weighted by molar-refractivity contribution is 9.11. The number of hydrogen-bond acceptors (Lipinski definition) is 4. The molecule has 1 aromatic carbocycles. The standard InChI is InChI=1S/C11H10BrNO2S3/c1-16-9-4-2-3-8(7-9)13-18(14,15)11-6-5-10(12)17-11/h2-7,13H,1H3. The number of hydrogen-bond donors (Lipinski definition) is 1. The fourth-order valence-corrected chi connectivity index (χ4v) is 4.85. The van der Waals surface area contributed by atoms with Crippen molar-refractivity contribution in [3.63, 3.8) is 0 Å². The van der Waals surface area contributed by atoms with Gasteiger partial charge in [0.2, 0.25) is 0 Å². The predicted octanol–water partition coefficient (Wildman–Crippen LogP) is 4.03. The van der Waals surface area contributed by atoms with Gasteiger partial charge in [-0.25, -0.2) is 8.42 Å². The maximum atomic E-state index is 12.1. The van der Waals surface area contributed by atoms with Crippen LogP contribution in [0.5, 0.6) is 0 Å². The minimum Gasteiger partial charge on any atom is -0.279 e. The lowest BCUT2D eigenvalue weighted by atomic mass is 10.3. The molecule has 0 saturated heterocycles. The van der Waals surface area contributed by atoms with Gasteiger partial charge in [-0.05, 0) is 52.5 Å². The van der Waals surface area contributed by atoms with Gasteiger partial charge in [0.1, 0.15) is 4.21 Å². The summed E-state index contributed by atoms with van der Waals surface area (Å²) in [6.07, 6.45) is 1.95. The summed E-state index contributed by atoms with van der Waals surface area (Å²) in [7, 11) is -3.49. The number of thioether (sulfide) groups is 1. The average Bonchev–Trinajstić information content (AvgIpc) is 2.76. The second-order valence-electron chi connectivity index (χ2n) is 3.40. The quantitative estimate of drug-likeness (QED) is 0.833. The molecule has 0 atom stereocenters. The molecule has 0 unspecified atom stereocenters. The molecule has 0 fully saturated rings. The number of halogens is 1. The topological polar surface area (TPSA) is 46.2 Å². The monoisotopic (exact) mass is 363 g/mol. The van der Waals surface area contributed by atoms with Crippen LogP contribution < -0.4 is 4.72 Å². The second kappa shape index (κ2) is 5.64. The summed E-state index contributed by atoms with van der Waals surface area (Å²) in [4.78, 5) is 1.02. The molecule has 3 nitrogen and oxygen atoms in total. The van der Waals surface area contributed by atoms with Crippen molar-refractivity contribution in [2.24, 2.45) is 0 Å². The van der Waals surface area contributed by atoms with Crippen LogP contribution in [0.4, 0.5) is 5.69 Å². The largest absolute Gasteiger partial charge is 0.279 e. The third-order valence-corrected chi connectivity index (χ3v) is 6.36. The van der Waals surface area contributed by atoms with Gasteiger partial charge in [0, 0.05) is 10.6 Å². The summed E-state index contributed by atoms with van der Waals surface area (Å²) in [5, 5.41) is 0. The van der Waals surface area contributed by atoms with Gasteiger partial charge in [0.05, 0.1) is 3.79 Å². The van der Waals surface area contributed by atoms with E-state index in [9.17, 15) is 8.42 Å². The van der Waals surface area contributed by atoms with E-state index in [2.05, 4.69) is 20.7 Å². The van der Waals surface area contributed by atoms with Gasteiger partial charge in [-0.3, -0.25) is 4.72 Å². The van der Waals surface area contributed by atoms with E-state index in [-0.39, 0.29) is 0 Å². The Morgan fingerprint density at radius 1 is 1.28 bits per heavy atom. The van der Waals surface area contributed by atoms with Crippen molar-refractivity contribution in [1.29, 1.82) is 0 Å². The van der Waals surface area contributed by atoms with Gasteiger partial charge in [-0.2, -0.15) is 0 Å². The lowest BCUT2D eigenvalue weighted by Gasteiger charge is -2.07. The summed E-state index contributed by atoms with van der Waals surface area (Å²) in [6.45, 7) is 0. The molecule has 1 heterocycles. The van der Waals surface area contributed by atoms with E-state index in [0.717, 1.165) is 8.68 Å². The van der Waals surface area contributed by atoms with E-state index >= 15 is 0 Å². The molecule has 0 aliphatic carbocycles. The van der Waals surface area contributed by atoms with Crippen molar-refractivity contribution in [3.8, 4) is 0 Å². The number of nitrogens with one attached hydrogen (secondary N) is 1. The van der Waals surface area contributed by atoms with Crippen LogP contribution in [0.25, 0.3) is 0 Å². The number of thiophene rings is 1. The zero-order valence-electron chi connectivity index (χ0n) is 9.38. The smallest absolute Gasteiger partial charge is 0.271 e. The summed E-state index contributed by atoms with van der Waals surface area (Å²) >= 11 is 6.01. The third kappa shape index (κ3) is 3.28. The molecule has 7 heteroatoms. The van der Waals surface area contributed by atoms with E-state index in [0.29, 0.717) is 9.90 Å². The van der Waals surface area contributed by atoms with E-state index in [4.69, 9.17) is 0 Å². The molecule has 0 bridgehead atoms. The van der Waals surface area contributed by atoms with Crippen LogP contribution in [0.3, 0.4) is 0 Å². The van der Waals surface area contributed by atoms with Crippen LogP contribution in [0.2, 0.25) is 0 Å². The van der Waals surface area contributed by atoms with Crippen LogP contribution in [0, 0.1) is 0 Å². The van der Waals surface area contributed by atoms with Gasteiger partial charge in [0.25, 0.3) is 10.0 Å². The van der Waals surface area contributed by atoms with Gasteiger partial charge in [-0.15, -0.1) is 23.1 Å². The first-order valence-electron chi connectivity index (χ1n) is 4.93. The minimum absolute atomic E-state index is 0.295. The first-order valence-corrected chi connectivity index (χ1v) is 9.25. The first kappa shape index (κ1) is 13.9. The lowest BCUT2D eigenvalue weighted by molar-refractivity contribution is 0.603. The van der Waals surface area contributed by atoms with Crippen molar-refractivity contribution in [3.05, 3.63) is 40.2 Å². The highest BCUT2D eigenvalue weighted by atomic mass is 79.9. The Bertz CT molecular complexity index is 652. The van der Waals surface area contributed by atoms with Gasteiger partial charge in [0.15, 0.2) is 0 Å². The molecule has 2 aromatic rings. The SMILES string of the molecule is CSc1cccc(NS(=O)(=O)c2ccc(Br)s2)c1. The van der Waals surface area contributed by atoms with Gasteiger partial charge < -0.3 is 0 Å². The van der Waals surface area contributed by atoms with Crippen molar-refractivity contribution < 1.29 is 8.42 Å². The summed E-state index contributed by atoms with van der Waals surface area (Å²) < 4.78 is 27.8. The maximum Gasteiger partial charge on any atom is 0.271 e. The summed E-state index contributed by atoms with van der Waals surface area (Å²) in [5.74, 6) is 0. The fraction of sp³-hybridized carbons (Fsp3) is 0.0909. The molecular weight excluding hydrogens is 354 g/mol. The maximum absolute atomic E-state index is 12.1. The Balaban J connectivity index is 2.27. The molecule has 0 aliphatic rings. The Morgan fingerprint density at radius 2 is 2.06 bits per heavy atom. The molecular formula is C11H10BrNO2S3. The van der Waals surface area contributed by atoms with Crippen LogP contribution in [0.15, 0.2) is 49.3 Å². The molecule has 0 saturated carbocycles. The number of rotatable bonds is 4. The van der Waals surface area contributed by atoms with Crippen molar-refractivity contribution >= 4 is 54.7 Å². The van der Waals surface area contributed by atoms with Crippen LogP contribution in [0.1, 0.15) is 0 Å². The van der Waals surface area contributed by atoms with Crippen LogP contribution >= 0.6 is 39.0 Å². The first-order chi connectivity index (χ1) is 8.51. The second-order valence-corrected chi connectivity index (χ2v) is 8.65. The van der Waals surface area contributed by atoms with Gasteiger partial charge in [-0.1, -0.05) is 6.07 Å². The van der Waals surface area contributed by atoms with Crippen molar-refractivity contribution in [2.45, 2.75) is 9.10 Å². The summed E-state index contributed by atoms with van der Waals surface area (Å²) in [6, 6.07) is 10.6. The number of benzene rings is 1. The Kier molecular flexibility index (Phi) is 4.37. The highest BCUT2D eigenvalue weighted by Crippen LogP contribution is 2.28. The minimum atomic E-state index is -3.49. The zero-order chi connectivity index (χ0) is 13.2. The van der Waals surface area contributed by atoms with Crippen LogP contribution in [-0.4, -0.2) is 14.7 Å². The van der Waals surface area contributed by atoms with Gasteiger partial charge >= 0.3 is 0 Å². The Hall–Kier alpha value is -0.500. The summed E-state index contributed by atoms with van der Waals surface area (Å²) in [5.41, 5.74) is 0.575. The fourth-order valence-electron chi connectivity index (χ4n) is 1.33. The van der Waals surface area contributed by atoms with Crippen molar-refractivity contribution in [2.75, 3.05) is 11.0 Å². The molecule has 0 radical (unpaired) electrons. The van der Waals surface area contributed by atoms with Crippen LogP contribution in [-0.2, 0) is 10.0 Å². The molecule has 0 amide bonds. The molecule has 1 aromatic heterocycles. The highest BCUT2D eigenvalue weighted by Gasteiger charge is 2.16. The lowest BCUT2D eigenvalue weighted by Crippen LogP contribution is -2.11. The Labute approximate surface area is 123 Å². The molecule has 0 aliphatic heterocycles. The average molecular weight is 364 g/mol.